The highest BCUT2D eigenvalue weighted by atomic mass is 32.2. The first-order valence-electron chi connectivity index (χ1n) is 6.13. The smallest absolute Gasteiger partial charge is 0.122 e. The molecule has 1 saturated heterocycles. The van der Waals surface area contributed by atoms with Crippen LogP contribution in [0.15, 0.2) is 18.3 Å². The Bertz CT molecular complexity index is 428. The van der Waals surface area contributed by atoms with E-state index >= 15 is 0 Å². The molecule has 0 spiro atoms. The second kappa shape index (κ2) is 5.45. The van der Waals surface area contributed by atoms with Crippen LogP contribution in [0.4, 0.5) is 5.69 Å². The Kier molecular flexibility index (Phi) is 4.12. The van der Waals surface area contributed by atoms with Crippen LogP contribution in [0.5, 0.6) is 0 Å². The lowest BCUT2D eigenvalue weighted by Crippen LogP contribution is -2.27. The van der Waals surface area contributed by atoms with Gasteiger partial charge >= 0.3 is 0 Å². The number of thioether (sulfide) groups is 1. The zero-order valence-electron chi connectivity index (χ0n) is 10.8. The predicted octanol–water partition coefficient (Wildman–Crippen LogP) is 2.44. The third-order valence-corrected chi connectivity index (χ3v) is 4.78. The van der Waals surface area contributed by atoms with Crippen molar-refractivity contribution in [3.8, 4) is 0 Å². The molecule has 2 N–H and O–H groups in total. The molecule has 2 rings (SSSR count). The lowest BCUT2D eigenvalue weighted by atomic mass is 10.1. The number of nitrogens with zero attached hydrogens (tertiary/aromatic N) is 2. The summed E-state index contributed by atoms with van der Waals surface area (Å²) in [6, 6.07) is 3.96. The average Bonchev–Trinajstić information content (AvgIpc) is 2.50. The van der Waals surface area contributed by atoms with E-state index < -0.39 is 0 Å². The molecular weight excluding hydrogens is 262 g/mol. The van der Waals surface area contributed by atoms with E-state index in [1.165, 1.54) is 6.42 Å². The molecule has 3 nitrogen and oxygen atoms in total. The Morgan fingerprint density at radius 1 is 1.44 bits per heavy atom. The van der Waals surface area contributed by atoms with Crippen molar-refractivity contribution in [2.24, 2.45) is 5.73 Å². The quantitative estimate of drug-likeness (QED) is 0.843. The van der Waals surface area contributed by atoms with Crippen LogP contribution in [-0.4, -0.2) is 33.6 Å². The Labute approximate surface area is 118 Å². The van der Waals surface area contributed by atoms with E-state index in [2.05, 4.69) is 29.8 Å². The summed E-state index contributed by atoms with van der Waals surface area (Å²) >= 11 is 6.96. The number of nitrogens with two attached hydrogens (primary N) is 1. The van der Waals surface area contributed by atoms with Gasteiger partial charge < -0.3 is 10.6 Å². The Morgan fingerprint density at radius 3 is 2.83 bits per heavy atom. The molecule has 1 fully saturated rings. The number of hydrogen-bond acceptors (Lipinski definition) is 4. The van der Waals surface area contributed by atoms with Gasteiger partial charge in [-0.05, 0) is 18.6 Å². The molecule has 2 heterocycles. The van der Waals surface area contributed by atoms with E-state index in [0.29, 0.717) is 15.4 Å². The third-order valence-electron chi connectivity index (χ3n) is 3.20. The van der Waals surface area contributed by atoms with E-state index in [-0.39, 0.29) is 0 Å². The van der Waals surface area contributed by atoms with Crippen LogP contribution >= 0.6 is 24.0 Å². The number of rotatable bonds is 2. The summed E-state index contributed by atoms with van der Waals surface area (Å²) in [4.78, 5) is 7.05. The van der Waals surface area contributed by atoms with Gasteiger partial charge in [-0.1, -0.05) is 26.1 Å². The fourth-order valence-corrected chi connectivity index (χ4v) is 3.22. The molecule has 0 aromatic carbocycles. The van der Waals surface area contributed by atoms with Crippen molar-refractivity contribution < 1.29 is 0 Å². The second-order valence-electron chi connectivity index (χ2n) is 5.11. The summed E-state index contributed by atoms with van der Waals surface area (Å²) in [6.45, 7) is 6.78. The zero-order chi connectivity index (χ0) is 13.2. The predicted molar refractivity (Wildman–Crippen MR) is 83.5 cm³/mol. The largest absolute Gasteiger partial charge is 0.388 e. The van der Waals surface area contributed by atoms with Crippen LogP contribution in [0.3, 0.4) is 0 Å². The molecule has 1 aromatic rings. The lowest BCUT2D eigenvalue weighted by molar-refractivity contribution is 0.637. The standard InChI is InChI=1S/C13H19N3S2/c1-13(2)5-6-16(7-8-18-13)10-3-4-11(12(14)17)15-9-10/h3-4,9H,5-8H2,1-2H3,(H2,14,17). The summed E-state index contributed by atoms with van der Waals surface area (Å²) in [7, 11) is 0. The minimum atomic E-state index is 0.356. The van der Waals surface area contributed by atoms with Crippen molar-refractivity contribution in [1.82, 2.24) is 4.98 Å². The molecule has 1 aliphatic rings. The van der Waals surface area contributed by atoms with Gasteiger partial charge in [0, 0.05) is 23.6 Å². The maximum atomic E-state index is 5.55. The number of thiocarbonyl (C=S) groups is 1. The first-order valence-corrected chi connectivity index (χ1v) is 7.52. The number of hydrogen-bond donors (Lipinski definition) is 1. The van der Waals surface area contributed by atoms with Crippen molar-refractivity contribution in [3.63, 3.8) is 0 Å². The van der Waals surface area contributed by atoms with Gasteiger partial charge in [0.25, 0.3) is 0 Å². The van der Waals surface area contributed by atoms with Crippen LogP contribution in [0.25, 0.3) is 0 Å². The topological polar surface area (TPSA) is 42.1 Å². The first kappa shape index (κ1) is 13.6. The van der Waals surface area contributed by atoms with Gasteiger partial charge in [-0.15, -0.1) is 0 Å². The van der Waals surface area contributed by atoms with Gasteiger partial charge in [0.15, 0.2) is 0 Å². The van der Waals surface area contributed by atoms with Crippen LogP contribution < -0.4 is 10.6 Å². The van der Waals surface area contributed by atoms with Gasteiger partial charge in [0.05, 0.1) is 17.6 Å². The van der Waals surface area contributed by atoms with E-state index in [1.807, 2.05) is 24.0 Å². The maximum absolute atomic E-state index is 5.55. The second-order valence-corrected chi connectivity index (χ2v) is 7.35. The Balaban J connectivity index is 2.09. The molecule has 0 amide bonds. The molecule has 0 saturated carbocycles. The zero-order valence-corrected chi connectivity index (χ0v) is 12.5. The maximum Gasteiger partial charge on any atom is 0.122 e. The molecule has 5 heteroatoms. The highest BCUT2D eigenvalue weighted by Gasteiger charge is 2.23. The van der Waals surface area contributed by atoms with Crippen LogP contribution in [0.1, 0.15) is 26.0 Å². The molecular formula is C13H19N3S2. The monoisotopic (exact) mass is 281 g/mol. The van der Waals surface area contributed by atoms with E-state index in [0.717, 1.165) is 24.5 Å². The number of anilines is 1. The first-order chi connectivity index (χ1) is 8.48. The molecule has 98 valence electrons. The normalized spacial score (nSPS) is 19.3. The van der Waals surface area contributed by atoms with E-state index in [4.69, 9.17) is 18.0 Å². The van der Waals surface area contributed by atoms with Gasteiger partial charge in [-0.3, -0.25) is 4.98 Å². The average molecular weight is 281 g/mol. The summed E-state index contributed by atoms with van der Waals surface area (Å²) < 4.78 is 0.376. The van der Waals surface area contributed by atoms with Gasteiger partial charge in [-0.25, -0.2) is 0 Å². The van der Waals surface area contributed by atoms with Crippen molar-refractivity contribution in [3.05, 3.63) is 24.0 Å². The van der Waals surface area contributed by atoms with E-state index in [9.17, 15) is 0 Å². The minimum absolute atomic E-state index is 0.356. The van der Waals surface area contributed by atoms with E-state index in [1.54, 1.807) is 0 Å². The fraction of sp³-hybridized carbons (Fsp3) is 0.538. The summed E-state index contributed by atoms with van der Waals surface area (Å²) in [5.41, 5.74) is 7.41. The minimum Gasteiger partial charge on any atom is -0.388 e. The SMILES string of the molecule is CC1(C)CCN(c2ccc(C(N)=S)nc2)CCS1. The molecule has 1 aliphatic heterocycles. The molecule has 0 radical (unpaired) electrons. The number of pyridine rings is 1. The van der Waals surface area contributed by atoms with Gasteiger partial charge in [0.2, 0.25) is 0 Å². The molecule has 0 aliphatic carbocycles. The highest BCUT2D eigenvalue weighted by molar-refractivity contribution is 8.00. The summed E-state index contributed by atoms with van der Waals surface area (Å²) in [5.74, 6) is 1.16. The molecule has 0 bridgehead atoms. The lowest BCUT2D eigenvalue weighted by Gasteiger charge is -2.24. The molecule has 0 unspecified atom stereocenters. The Morgan fingerprint density at radius 2 is 2.22 bits per heavy atom. The summed E-state index contributed by atoms with van der Waals surface area (Å²) in [6.07, 6.45) is 3.06. The molecule has 0 atom stereocenters. The van der Waals surface area contributed by atoms with Crippen molar-refractivity contribution in [1.29, 1.82) is 0 Å². The van der Waals surface area contributed by atoms with Crippen LogP contribution in [0.2, 0.25) is 0 Å². The van der Waals surface area contributed by atoms with Crippen molar-refractivity contribution in [2.45, 2.75) is 25.0 Å². The highest BCUT2D eigenvalue weighted by Crippen LogP contribution is 2.32. The molecule has 1 aromatic heterocycles. The van der Waals surface area contributed by atoms with Crippen molar-refractivity contribution >= 4 is 34.7 Å². The van der Waals surface area contributed by atoms with Gasteiger partial charge in [0.1, 0.15) is 4.99 Å². The van der Waals surface area contributed by atoms with Crippen molar-refractivity contribution in [2.75, 3.05) is 23.7 Å². The van der Waals surface area contributed by atoms with Gasteiger partial charge in [-0.2, -0.15) is 11.8 Å². The van der Waals surface area contributed by atoms with Crippen LogP contribution in [0, 0.1) is 0 Å². The molecule has 18 heavy (non-hydrogen) atoms. The fourth-order valence-electron chi connectivity index (χ4n) is 2.00. The van der Waals surface area contributed by atoms with Crippen LogP contribution in [-0.2, 0) is 0 Å². The summed E-state index contributed by atoms with van der Waals surface area (Å²) in [5, 5.41) is 0. The third kappa shape index (κ3) is 3.36. The number of aromatic nitrogens is 1. The Hall–Kier alpha value is -0.810.